The van der Waals surface area contributed by atoms with Gasteiger partial charge in [0.15, 0.2) is 11.5 Å². The van der Waals surface area contributed by atoms with Gasteiger partial charge in [-0.1, -0.05) is 18.2 Å². The Morgan fingerprint density at radius 1 is 1.20 bits per heavy atom. The molecule has 1 amide bonds. The number of carbonyl (C=O) groups excluding carboxylic acids is 1. The van der Waals surface area contributed by atoms with E-state index in [9.17, 15) is 13.6 Å². The number of rotatable bonds is 8. The molecule has 1 saturated heterocycles. The van der Waals surface area contributed by atoms with E-state index in [2.05, 4.69) is 4.74 Å². The molecule has 0 N–H and O–H groups in total. The average Bonchev–Trinajstić information content (AvgIpc) is 3.23. The molecule has 0 aromatic heterocycles. The summed E-state index contributed by atoms with van der Waals surface area (Å²) in [5, 5.41) is 0. The van der Waals surface area contributed by atoms with E-state index in [-0.39, 0.29) is 23.4 Å². The van der Waals surface area contributed by atoms with Crippen LogP contribution < -0.4 is 14.2 Å². The number of halogens is 2. The van der Waals surface area contributed by atoms with Gasteiger partial charge in [0, 0.05) is 12.6 Å². The lowest BCUT2D eigenvalue weighted by molar-refractivity contribution is -0.126. The van der Waals surface area contributed by atoms with Crippen molar-refractivity contribution in [2.75, 3.05) is 20.3 Å². The normalized spacial score (nSPS) is 16.3. The first-order valence-electron chi connectivity index (χ1n) is 9.86. The highest BCUT2D eigenvalue weighted by Crippen LogP contribution is 2.33. The highest BCUT2D eigenvalue weighted by Gasteiger charge is 2.28. The van der Waals surface area contributed by atoms with Gasteiger partial charge in [0.05, 0.1) is 19.8 Å². The second-order valence-electron chi connectivity index (χ2n) is 6.81. The molecule has 0 aliphatic carbocycles. The van der Waals surface area contributed by atoms with Crippen LogP contribution >= 0.6 is 0 Å². The largest absolute Gasteiger partial charge is 0.497 e. The van der Waals surface area contributed by atoms with Crippen LogP contribution in [0.4, 0.5) is 8.78 Å². The summed E-state index contributed by atoms with van der Waals surface area (Å²) in [6.45, 7) is -0.184. The van der Waals surface area contributed by atoms with E-state index in [0.29, 0.717) is 18.7 Å². The van der Waals surface area contributed by atoms with Crippen LogP contribution in [-0.2, 0) is 4.79 Å². The minimum Gasteiger partial charge on any atom is -0.497 e. The SMILES string of the molecule is CCOc1cc(/C=C/C(=O)N2CCCC2c2ccc(OC)cc2)ccc1OC(F)F. The third-order valence-corrected chi connectivity index (χ3v) is 4.94. The fourth-order valence-electron chi connectivity index (χ4n) is 3.56. The number of amides is 1. The minimum atomic E-state index is -2.93. The van der Waals surface area contributed by atoms with E-state index >= 15 is 0 Å². The molecule has 5 nitrogen and oxygen atoms in total. The summed E-state index contributed by atoms with van der Waals surface area (Å²) in [6.07, 6.45) is 4.99. The van der Waals surface area contributed by atoms with Crippen molar-refractivity contribution >= 4 is 12.0 Å². The highest BCUT2D eigenvalue weighted by atomic mass is 19.3. The number of ether oxygens (including phenoxy) is 3. The van der Waals surface area contributed by atoms with Crippen molar-refractivity contribution in [2.45, 2.75) is 32.4 Å². The molecule has 1 atom stereocenters. The van der Waals surface area contributed by atoms with Gasteiger partial charge < -0.3 is 19.1 Å². The average molecular weight is 417 g/mol. The van der Waals surface area contributed by atoms with Crippen LogP contribution in [0.15, 0.2) is 48.5 Å². The molecule has 1 aliphatic rings. The van der Waals surface area contributed by atoms with E-state index in [1.807, 2.05) is 29.2 Å². The van der Waals surface area contributed by atoms with E-state index in [4.69, 9.17) is 9.47 Å². The van der Waals surface area contributed by atoms with Gasteiger partial charge in [0.2, 0.25) is 5.91 Å². The van der Waals surface area contributed by atoms with Gasteiger partial charge in [0.1, 0.15) is 5.75 Å². The van der Waals surface area contributed by atoms with Gasteiger partial charge in [0.25, 0.3) is 0 Å². The number of carbonyl (C=O) groups is 1. The van der Waals surface area contributed by atoms with Crippen LogP contribution in [0.2, 0.25) is 0 Å². The number of benzene rings is 2. The van der Waals surface area contributed by atoms with E-state index in [1.165, 1.54) is 12.1 Å². The number of hydrogen-bond acceptors (Lipinski definition) is 4. The van der Waals surface area contributed by atoms with Gasteiger partial charge in [-0.25, -0.2) is 0 Å². The third-order valence-electron chi connectivity index (χ3n) is 4.94. The molecule has 2 aromatic rings. The van der Waals surface area contributed by atoms with Crippen LogP contribution in [0, 0.1) is 0 Å². The summed E-state index contributed by atoms with van der Waals surface area (Å²) < 4.78 is 40.1. The number of likely N-dealkylation sites (tertiary alicyclic amines) is 1. The molecule has 0 radical (unpaired) electrons. The van der Waals surface area contributed by atoms with Crippen molar-refractivity contribution in [2.24, 2.45) is 0 Å². The number of nitrogens with zero attached hydrogens (tertiary/aromatic N) is 1. The zero-order chi connectivity index (χ0) is 21.5. The van der Waals surface area contributed by atoms with E-state index < -0.39 is 6.61 Å². The fraction of sp³-hybridized carbons (Fsp3) is 0.348. The smallest absolute Gasteiger partial charge is 0.387 e. The summed E-state index contributed by atoms with van der Waals surface area (Å²) in [4.78, 5) is 14.7. The first-order chi connectivity index (χ1) is 14.5. The molecule has 3 rings (SSSR count). The predicted molar refractivity (Wildman–Crippen MR) is 110 cm³/mol. The second kappa shape index (κ2) is 10.1. The molecule has 160 valence electrons. The molecular formula is C23H25F2NO4. The zero-order valence-electron chi connectivity index (χ0n) is 17.0. The van der Waals surface area contributed by atoms with Gasteiger partial charge in [-0.2, -0.15) is 8.78 Å². The van der Waals surface area contributed by atoms with E-state index in [1.54, 1.807) is 32.2 Å². The first kappa shape index (κ1) is 21.6. The maximum Gasteiger partial charge on any atom is 0.387 e. The second-order valence-corrected chi connectivity index (χ2v) is 6.81. The molecule has 2 aromatic carbocycles. The molecule has 1 fully saturated rings. The number of hydrogen-bond donors (Lipinski definition) is 0. The molecule has 7 heteroatoms. The molecule has 1 unspecified atom stereocenters. The summed E-state index contributed by atoms with van der Waals surface area (Å²) in [6, 6.07) is 12.4. The Hall–Kier alpha value is -3.09. The summed E-state index contributed by atoms with van der Waals surface area (Å²) in [5.41, 5.74) is 1.73. The molecule has 0 bridgehead atoms. The number of methoxy groups -OCH3 is 1. The Kier molecular flexibility index (Phi) is 7.27. The van der Waals surface area contributed by atoms with Gasteiger partial charge in [-0.05, 0) is 61.2 Å². The molecular weight excluding hydrogens is 392 g/mol. The summed E-state index contributed by atoms with van der Waals surface area (Å²) >= 11 is 0. The maximum atomic E-state index is 12.8. The van der Waals surface area contributed by atoms with E-state index in [0.717, 1.165) is 24.2 Å². The lowest BCUT2D eigenvalue weighted by Crippen LogP contribution is -2.28. The van der Waals surface area contributed by atoms with Gasteiger partial charge in [-0.15, -0.1) is 0 Å². The monoisotopic (exact) mass is 417 g/mol. The van der Waals surface area contributed by atoms with Crippen LogP contribution in [0.3, 0.4) is 0 Å². The maximum absolute atomic E-state index is 12.8. The van der Waals surface area contributed by atoms with Gasteiger partial charge in [-0.3, -0.25) is 4.79 Å². The van der Waals surface area contributed by atoms with Crippen molar-refractivity contribution < 1.29 is 27.8 Å². The number of alkyl halides is 2. The van der Waals surface area contributed by atoms with Crippen LogP contribution in [0.25, 0.3) is 6.08 Å². The van der Waals surface area contributed by atoms with Crippen LogP contribution in [0.5, 0.6) is 17.2 Å². The van der Waals surface area contributed by atoms with Crippen molar-refractivity contribution in [3.63, 3.8) is 0 Å². The van der Waals surface area contributed by atoms with Gasteiger partial charge >= 0.3 is 6.61 Å². The van der Waals surface area contributed by atoms with Crippen molar-refractivity contribution in [1.29, 1.82) is 0 Å². The topological polar surface area (TPSA) is 48.0 Å². The lowest BCUT2D eigenvalue weighted by Gasteiger charge is -2.24. The lowest BCUT2D eigenvalue weighted by atomic mass is 10.0. The van der Waals surface area contributed by atoms with Crippen LogP contribution in [-0.4, -0.2) is 37.7 Å². The Labute approximate surface area is 174 Å². The van der Waals surface area contributed by atoms with Crippen molar-refractivity contribution in [3.8, 4) is 17.2 Å². The summed E-state index contributed by atoms with van der Waals surface area (Å²) in [7, 11) is 1.62. The van der Waals surface area contributed by atoms with Crippen molar-refractivity contribution in [3.05, 3.63) is 59.7 Å². The van der Waals surface area contributed by atoms with Crippen molar-refractivity contribution in [1.82, 2.24) is 4.90 Å². The molecule has 1 aliphatic heterocycles. The third kappa shape index (κ3) is 5.28. The Bertz CT molecular complexity index is 883. The molecule has 0 saturated carbocycles. The van der Waals surface area contributed by atoms with Crippen LogP contribution in [0.1, 0.15) is 36.9 Å². The summed E-state index contributed by atoms with van der Waals surface area (Å²) in [5.74, 6) is 0.859. The Balaban J connectivity index is 1.73. The standard InChI is InChI=1S/C23H25F2NO4/c1-3-29-21-15-16(6-12-20(21)30-23(24)25)7-13-22(27)26-14-4-5-19(26)17-8-10-18(28-2)11-9-17/h6-13,15,19,23H,3-5,14H2,1-2H3/b13-7+. The minimum absolute atomic E-state index is 0.0221. The Morgan fingerprint density at radius 2 is 1.97 bits per heavy atom. The quantitative estimate of drug-likeness (QED) is 0.563. The zero-order valence-corrected chi connectivity index (χ0v) is 17.0. The fourth-order valence-corrected chi connectivity index (χ4v) is 3.56. The Morgan fingerprint density at radius 3 is 2.63 bits per heavy atom. The first-order valence-corrected chi connectivity index (χ1v) is 9.86. The highest BCUT2D eigenvalue weighted by molar-refractivity contribution is 5.92. The predicted octanol–water partition coefficient (Wildman–Crippen LogP) is 5.07. The molecule has 30 heavy (non-hydrogen) atoms. The molecule has 0 spiro atoms. The molecule has 1 heterocycles.